The Morgan fingerprint density at radius 2 is 1.83 bits per heavy atom. The van der Waals surface area contributed by atoms with E-state index in [4.69, 9.17) is 10.5 Å². The van der Waals surface area contributed by atoms with E-state index >= 15 is 0 Å². The lowest BCUT2D eigenvalue weighted by molar-refractivity contribution is 0.307. The lowest BCUT2D eigenvalue weighted by Gasteiger charge is -2.11. The molecule has 0 unspecified atom stereocenters. The maximum absolute atomic E-state index is 5.91. The van der Waals surface area contributed by atoms with Crippen molar-refractivity contribution in [3.8, 4) is 5.75 Å². The molecule has 0 fully saturated rings. The molecule has 0 amide bonds. The molecular formula is C15H19NOS. The van der Waals surface area contributed by atoms with E-state index in [1.807, 2.05) is 0 Å². The molecule has 1 aromatic carbocycles. The third-order valence-corrected chi connectivity index (χ3v) is 4.13. The molecule has 0 aliphatic heterocycles. The molecule has 0 aliphatic carbocycles. The van der Waals surface area contributed by atoms with Gasteiger partial charge in [0.15, 0.2) is 0 Å². The molecule has 2 aromatic rings. The van der Waals surface area contributed by atoms with E-state index in [2.05, 4.69) is 45.0 Å². The molecule has 0 spiro atoms. The molecule has 0 radical (unpaired) electrons. The highest BCUT2D eigenvalue weighted by atomic mass is 32.1. The summed E-state index contributed by atoms with van der Waals surface area (Å²) in [5, 5.41) is 0. The van der Waals surface area contributed by atoms with Crippen LogP contribution in [0.15, 0.2) is 24.3 Å². The summed E-state index contributed by atoms with van der Waals surface area (Å²) < 4.78 is 5.91. The monoisotopic (exact) mass is 261 g/mol. The van der Waals surface area contributed by atoms with Gasteiger partial charge in [-0.3, -0.25) is 0 Å². The minimum Gasteiger partial charge on any atom is -0.488 e. The second-order valence-corrected chi connectivity index (χ2v) is 5.82. The van der Waals surface area contributed by atoms with Crippen LogP contribution in [0.2, 0.25) is 0 Å². The van der Waals surface area contributed by atoms with Gasteiger partial charge >= 0.3 is 0 Å². The van der Waals surface area contributed by atoms with Gasteiger partial charge in [-0.05, 0) is 55.7 Å². The van der Waals surface area contributed by atoms with Crippen molar-refractivity contribution in [2.75, 3.05) is 0 Å². The number of ether oxygens (including phenoxy) is 1. The molecule has 1 aromatic heterocycles. The fraction of sp³-hybridized carbons (Fsp3) is 0.333. The average Bonchev–Trinajstić information content (AvgIpc) is 2.80. The molecule has 2 nitrogen and oxygen atoms in total. The molecule has 0 atom stereocenters. The van der Waals surface area contributed by atoms with Crippen molar-refractivity contribution in [2.45, 2.75) is 33.9 Å². The van der Waals surface area contributed by atoms with Gasteiger partial charge in [-0.15, -0.1) is 11.3 Å². The fourth-order valence-corrected chi connectivity index (χ4v) is 2.72. The summed E-state index contributed by atoms with van der Waals surface area (Å²) in [7, 11) is 0. The number of hydrogen-bond donors (Lipinski definition) is 1. The quantitative estimate of drug-likeness (QED) is 0.910. The highest BCUT2D eigenvalue weighted by molar-refractivity contribution is 7.11. The summed E-state index contributed by atoms with van der Waals surface area (Å²) in [5.74, 6) is 0.982. The second kappa shape index (κ2) is 5.55. The predicted molar refractivity (Wildman–Crippen MR) is 77.2 cm³/mol. The van der Waals surface area contributed by atoms with E-state index in [-0.39, 0.29) is 0 Å². The minimum absolute atomic E-state index is 0.604. The van der Waals surface area contributed by atoms with Crippen LogP contribution >= 0.6 is 11.3 Å². The Bertz CT molecular complexity index is 545. The second-order valence-electron chi connectivity index (χ2n) is 4.57. The Balaban J connectivity index is 2.10. The molecule has 96 valence electrons. The molecular weight excluding hydrogens is 242 g/mol. The number of rotatable bonds is 4. The largest absolute Gasteiger partial charge is 0.488 e. The van der Waals surface area contributed by atoms with E-state index in [1.165, 1.54) is 26.4 Å². The zero-order valence-corrected chi connectivity index (χ0v) is 11.9. The van der Waals surface area contributed by atoms with Gasteiger partial charge in [-0.25, -0.2) is 0 Å². The fourth-order valence-electron chi connectivity index (χ4n) is 1.91. The Morgan fingerprint density at radius 3 is 2.50 bits per heavy atom. The first kappa shape index (κ1) is 13.1. The molecule has 0 saturated carbocycles. The van der Waals surface area contributed by atoms with Crippen LogP contribution < -0.4 is 10.5 Å². The van der Waals surface area contributed by atoms with Gasteiger partial charge < -0.3 is 10.5 Å². The van der Waals surface area contributed by atoms with E-state index in [0.29, 0.717) is 13.2 Å². The van der Waals surface area contributed by atoms with Crippen LogP contribution in [0.1, 0.15) is 26.4 Å². The summed E-state index contributed by atoms with van der Waals surface area (Å²) >= 11 is 1.72. The van der Waals surface area contributed by atoms with Gasteiger partial charge in [0.05, 0.1) is 0 Å². The lowest BCUT2D eigenvalue weighted by Crippen LogP contribution is -1.97. The summed E-state index contributed by atoms with van der Waals surface area (Å²) in [6.45, 7) is 7.54. The highest BCUT2D eigenvalue weighted by Gasteiger charge is 2.05. The summed E-state index contributed by atoms with van der Waals surface area (Å²) in [6.07, 6.45) is 0. The van der Waals surface area contributed by atoms with Crippen LogP contribution in [0.4, 0.5) is 0 Å². The summed E-state index contributed by atoms with van der Waals surface area (Å²) in [5.41, 5.74) is 9.34. The van der Waals surface area contributed by atoms with Crippen molar-refractivity contribution in [1.82, 2.24) is 0 Å². The van der Waals surface area contributed by atoms with Gasteiger partial charge in [0.25, 0.3) is 0 Å². The third-order valence-electron chi connectivity index (χ3n) is 3.05. The molecule has 18 heavy (non-hydrogen) atoms. The van der Waals surface area contributed by atoms with E-state index in [1.54, 1.807) is 11.3 Å². The van der Waals surface area contributed by atoms with Crippen molar-refractivity contribution < 1.29 is 4.74 Å². The van der Waals surface area contributed by atoms with Gasteiger partial charge in [0.2, 0.25) is 0 Å². The van der Waals surface area contributed by atoms with Gasteiger partial charge in [0.1, 0.15) is 12.4 Å². The average molecular weight is 261 g/mol. The number of aryl methyl sites for hydroxylation is 2. The first-order valence-corrected chi connectivity index (χ1v) is 6.90. The molecule has 0 bridgehead atoms. The Morgan fingerprint density at radius 1 is 1.11 bits per heavy atom. The molecule has 2 rings (SSSR count). The first-order valence-electron chi connectivity index (χ1n) is 6.08. The van der Waals surface area contributed by atoms with Crippen LogP contribution in [0.25, 0.3) is 0 Å². The smallest absolute Gasteiger partial charge is 0.123 e. The number of thiophene rings is 1. The van der Waals surface area contributed by atoms with E-state index in [0.717, 1.165) is 5.75 Å². The predicted octanol–water partition coefficient (Wildman–Crippen LogP) is 3.71. The van der Waals surface area contributed by atoms with Crippen LogP contribution in [-0.4, -0.2) is 0 Å². The van der Waals surface area contributed by atoms with Crippen molar-refractivity contribution in [3.63, 3.8) is 0 Å². The van der Waals surface area contributed by atoms with Crippen molar-refractivity contribution in [3.05, 3.63) is 50.7 Å². The minimum atomic E-state index is 0.604. The van der Waals surface area contributed by atoms with Crippen molar-refractivity contribution in [2.24, 2.45) is 5.73 Å². The van der Waals surface area contributed by atoms with E-state index < -0.39 is 0 Å². The Kier molecular flexibility index (Phi) is 4.04. The van der Waals surface area contributed by atoms with Crippen LogP contribution in [0.5, 0.6) is 5.75 Å². The SMILES string of the molecule is Cc1cc(C)c(C)c(OCc2ccc(CN)s2)c1. The van der Waals surface area contributed by atoms with Crippen molar-refractivity contribution in [1.29, 1.82) is 0 Å². The van der Waals surface area contributed by atoms with Gasteiger partial charge in [-0.2, -0.15) is 0 Å². The Hall–Kier alpha value is -1.32. The van der Waals surface area contributed by atoms with Gasteiger partial charge in [-0.1, -0.05) is 6.07 Å². The number of hydrogen-bond acceptors (Lipinski definition) is 3. The highest BCUT2D eigenvalue weighted by Crippen LogP contribution is 2.25. The standard InChI is InChI=1S/C15H19NOS/c1-10-6-11(2)12(3)15(7-10)17-9-14-5-4-13(8-16)18-14/h4-7H,8-9,16H2,1-3H3. The summed E-state index contributed by atoms with van der Waals surface area (Å²) in [6, 6.07) is 8.43. The zero-order chi connectivity index (χ0) is 13.1. The first-order chi connectivity index (χ1) is 8.60. The lowest BCUT2D eigenvalue weighted by atomic mass is 10.1. The molecule has 2 N–H and O–H groups in total. The summed E-state index contributed by atoms with van der Waals surface area (Å²) in [4.78, 5) is 2.42. The maximum atomic E-state index is 5.91. The number of nitrogens with two attached hydrogens (primary N) is 1. The normalized spacial score (nSPS) is 10.7. The van der Waals surface area contributed by atoms with Crippen molar-refractivity contribution >= 4 is 11.3 Å². The number of benzene rings is 1. The van der Waals surface area contributed by atoms with Crippen LogP contribution in [0, 0.1) is 20.8 Å². The van der Waals surface area contributed by atoms with Crippen LogP contribution in [-0.2, 0) is 13.2 Å². The third kappa shape index (κ3) is 2.92. The molecule has 3 heteroatoms. The van der Waals surface area contributed by atoms with Crippen LogP contribution in [0.3, 0.4) is 0 Å². The molecule has 0 aliphatic rings. The topological polar surface area (TPSA) is 35.2 Å². The molecule has 0 saturated heterocycles. The molecule has 1 heterocycles. The Labute approximate surface area is 112 Å². The zero-order valence-electron chi connectivity index (χ0n) is 11.1. The van der Waals surface area contributed by atoms with E-state index in [9.17, 15) is 0 Å². The van der Waals surface area contributed by atoms with Gasteiger partial charge in [0, 0.05) is 16.3 Å². The maximum Gasteiger partial charge on any atom is 0.123 e.